The summed E-state index contributed by atoms with van der Waals surface area (Å²) in [5.74, 6) is 0. The quantitative estimate of drug-likeness (QED) is 0.404. The third-order valence-corrected chi connectivity index (χ3v) is 1.82. The number of nitrogens with two attached hydrogens (primary N) is 1. The summed E-state index contributed by atoms with van der Waals surface area (Å²) in [4.78, 5) is 0. The lowest BCUT2D eigenvalue weighted by atomic mass is 9.91. The van der Waals surface area contributed by atoms with Gasteiger partial charge in [-0.15, -0.1) is 0 Å². The summed E-state index contributed by atoms with van der Waals surface area (Å²) in [6, 6.07) is 0.0865. The first kappa shape index (κ1) is 6.99. The molecule has 54 valence electrons. The molecule has 9 heavy (non-hydrogen) atoms. The molecule has 1 fully saturated rings. The fourth-order valence-corrected chi connectivity index (χ4v) is 1.16. The van der Waals surface area contributed by atoms with Crippen molar-refractivity contribution in [2.24, 2.45) is 5.73 Å². The zero-order chi connectivity index (χ0) is 6.85. The lowest BCUT2D eigenvalue weighted by Crippen LogP contribution is -2.39. The van der Waals surface area contributed by atoms with Crippen LogP contribution in [0.15, 0.2) is 0 Å². The summed E-state index contributed by atoms with van der Waals surface area (Å²) >= 11 is 0. The van der Waals surface area contributed by atoms with Gasteiger partial charge < -0.3 is 15.9 Å². The van der Waals surface area contributed by atoms with Gasteiger partial charge in [0.15, 0.2) is 0 Å². The van der Waals surface area contributed by atoms with E-state index in [0.717, 1.165) is 6.42 Å². The van der Waals surface area contributed by atoms with E-state index in [1.165, 1.54) is 0 Å². The van der Waals surface area contributed by atoms with Gasteiger partial charge in [-0.2, -0.15) is 0 Å². The second-order valence-electron chi connectivity index (χ2n) is 2.71. The minimum Gasteiger partial charge on any atom is -0.390 e. The average molecular weight is 131 g/mol. The maximum absolute atomic E-state index is 9.02. The van der Waals surface area contributed by atoms with E-state index in [-0.39, 0.29) is 6.04 Å². The Morgan fingerprint density at radius 2 is 1.78 bits per heavy atom. The minimum absolute atomic E-state index is 0.0865. The van der Waals surface area contributed by atoms with E-state index < -0.39 is 12.2 Å². The highest BCUT2D eigenvalue weighted by Crippen LogP contribution is 2.16. The summed E-state index contributed by atoms with van der Waals surface area (Å²) in [6.07, 6.45) is 0.889. The van der Waals surface area contributed by atoms with Crippen LogP contribution in [0.5, 0.6) is 0 Å². The van der Waals surface area contributed by atoms with Crippen LogP contribution in [0.3, 0.4) is 0 Å². The van der Waals surface area contributed by atoms with Crippen molar-refractivity contribution in [1.82, 2.24) is 0 Å². The van der Waals surface area contributed by atoms with Crippen molar-refractivity contribution >= 4 is 0 Å². The summed E-state index contributed by atoms with van der Waals surface area (Å²) in [6.45, 7) is 0. The zero-order valence-corrected chi connectivity index (χ0v) is 5.33. The molecule has 0 unspecified atom stereocenters. The summed E-state index contributed by atoms with van der Waals surface area (Å²) in [5, 5.41) is 18.0. The first-order chi connectivity index (χ1) is 4.20. The highest BCUT2D eigenvalue weighted by molar-refractivity contribution is 4.80. The van der Waals surface area contributed by atoms with Gasteiger partial charge in [-0.25, -0.2) is 0 Å². The van der Waals surface area contributed by atoms with Crippen LogP contribution < -0.4 is 5.73 Å². The van der Waals surface area contributed by atoms with E-state index >= 15 is 0 Å². The molecule has 1 rings (SSSR count). The molecule has 3 atom stereocenters. The molecule has 1 aliphatic rings. The second kappa shape index (κ2) is 2.64. The Morgan fingerprint density at radius 1 is 1.11 bits per heavy atom. The van der Waals surface area contributed by atoms with Crippen LogP contribution in [0.25, 0.3) is 0 Å². The van der Waals surface area contributed by atoms with Gasteiger partial charge in [0, 0.05) is 6.04 Å². The van der Waals surface area contributed by atoms with Crippen molar-refractivity contribution < 1.29 is 10.2 Å². The first-order valence-electron chi connectivity index (χ1n) is 3.32. The molecule has 0 heterocycles. The van der Waals surface area contributed by atoms with Gasteiger partial charge in [-0.05, 0) is 19.3 Å². The SMILES string of the molecule is N[C@H]1CC[C@H](O)[C@H](O)C1. The van der Waals surface area contributed by atoms with Crippen molar-refractivity contribution in [3.63, 3.8) is 0 Å². The summed E-state index contributed by atoms with van der Waals surface area (Å²) in [5.41, 5.74) is 5.52. The van der Waals surface area contributed by atoms with E-state index in [9.17, 15) is 0 Å². The van der Waals surface area contributed by atoms with Gasteiger partial charge in [-0.3, -0.25) is 0 Å². The molecule has 0 aromatic carbocycles. The van der Waals surface area contributed by atoms with Gasteiger partial charge in [0.05, 0.1) is 12.2 Å². The third-order valence-electron chi connectivity index (χ3n) is 1.82. The topological polar surface area (TPSA) is 66.5 Å². The maximum atomic E-state index is 9.02. The molecule has 0 spiro atoms. The minimum atomic E-state index is -0.589. The van der Waals surface area contributed by atoms with Gasteiger partial charge in [-0.1, -0.05) is 0 Å². The Hall–Kier alpha value is -0.120. The molecule has 0 aromatic heterocycles. The van der Waals surface area contributed by atoms with Crippen LogP contribution in [0, 0.1) is 0 Å². The standard InChI is InChI=1S/C6H13NO2/c7-4-1-2-5(8)6(9)3-4/h4-6,8-9H,1-3,7H2/t4-,5-,6+/m0/s1. The smallest absolute Gasteiger partial charge is 0.0813 e. The Balaban J connectivity index is 2.35. The van der Waals surface area contributed by atoms with Crippen molar-refractivity contribution in [3.05, 3.63) is 0 Å². The predicted molar refractivity (Wildman–Crippen MR) is 33.8 cm³/mol. The van der Waals surface area contributed by atoms with Crippen molar-refractivity contribution in [3.8, 4) is 0 Å². The van der Waals surface area contributed by atoms with Crippen molar-refractivity contribution in [2.75, 3.05) is 0 Å². The van der Waals surface area contributed by atoms with E-state index in [0.29, 0.717) is 12.8 Å². The number of hydrogen-bond acceptors (Lipinski definition) is 3. The monoisotopic (exact) mass is 131 g/mol. The van der Waals surface area contributed by atoms with Crippen LogP contribution in [0.2, 0.25) is 0 Å². The highest BCUT2D eigenvalue weighted by atomic mass is 16.3. The van der Waals surface area contributed by atoms with Crippen LogP contribution in [0.4, 0.5) is 0 Å². The summed E-state index contributed by atoms with van der Waals surface area (Å²) in [7, 11) is 0. The molecule has 0 aliphatic heterocycles. The van der Waals surface area contributed by atoms with Gasteiger partial charge in [0.1, 0.15) is 0 Å². The first-order valence-corrected chi connectivity index (χ1v) is 3.32. The fraction of sp³-hybridized carbons (Fsp3) is 1.00. The average Bonchev–Trinajstić information content (AvgIpc) is 1.80. The van der Waals surface area contributed by atoms with Gasteiger partial charge in [0.25, 0.3) is 0 Å². The highest BCUT2D eigenvalue weighted by Gasteiger charge is 2.24. The molecule has 0 saturated heterocycles. The maximum Gasteiger partial charge on any atom is 0.0813 e. The van der Waals surface area contributed by atoms with E-state index in [1.54, 1.807) is 0 Å². The molecule has 1 saturated carbocycles. The van der Waals surface area contributed by atoms with E-state index in [4.69, 9.17) is 15.9 Å². The molecule has 0 amide bonds. The fourth-order valence-electron chi connectivity index (χ4n) is 1.16. The van der Waals surface area contributed by atoms with Crippen molar-refractivity contribution in [2.45, 2.75) is 37.5 Å². The number of hydrogen-bond donors (Lipinski definition) is 3. The Labute approximate surface area is 54.5 Å². The third kappa shape index (κ3) is 1.64. The Kier molecular flexibility index (Phi) is 2.05. The molecule has 0 radical (unpaired) electrons. The molecular formula is C6H13NO2. The summed E-state index contributed by atoms with van der Waals surface area (Å²) < 4.78 is 0. The van der Waals surface area contributed by atoms with E-state index in [1.807, 2.05) is 0 Å². The number of aliphatic hydroxyl groups excluding tert-OH is 2. The van der Waals surface area contributed by atoms with Crippen LogP contribution >= 0.6 is 0 Å². The Morgan fingerprint density at radius 3 is 2.22 bits per heavy atom. The van der Waals surface area contributed by atoms with Crippen LogP contribution in [-0.2, 0) is 0 Å². The predicted octanol–water partition coefficient (Wildman–Crippen LogP) is -0.781. The molecule has 3 nitrogen and oxygen atoms in total. The number of rotatable bonds is 0. The lowest BCUT2D eigenvalue weighted by Gasteiger charge is -2.27. The zero-order valence-electron chi connectivity index (χ0n) is 5.33. The largest absolute Gasteiger partial charge is 0.390 e. The number of aliphatic hydroxyl groups is 2. The van der Waals surface area contributed by atoms with E-state index in [2.05, 4.69) is 0 Å². The second-order valence-corrected chi connectivity index (χ2v) is 2.71. The normalized spacial score (nSPS) is 45.0. The molecule has 0 bridgehead atoms. The van der Waals surface area contributed by atoms with Gasteiger partial charge >= 0.3 is 0 Å². The van der Waals surface area contributed by atoms with Gasteiger partial charge in [0.2, 0.25) is 0 Å². The molecule has 3 heteroatoms. The molecular weight excluding hydrogens is 118 g/mol. The van der Waals surface area contributed by atoms with Crippen molar-refractivity contribution in [1.29, 1.82) is 0 Å². The Bertz CT molecular complexity index is 97.1. The lowest BCUT2D eigenvalue weighted by molar-refractivity contribution is -0.0140. The van der Waals surface area contributed by atoms with Crippen LogP contribution in [0.1, 0.15) is 19.3 Å². The molecule has 1 aliphatic carbocycles. The molecule has 4 N–H and O–H groups in total. The molecule has 0 aromatic rings. The van der Waals surface area contributed by atoms with Crippen LogP contribution in [-0.4, -0.2) is 28.5 Å².